The van der Waals surface area contributed by atoms with E-state index in [0.29, 0.717) is 13.0 Å². The van der Waals surface area contributed by atoms with Crippen molar-refractivity contribution in [3.8, 4) is 5.69 Å². The third-order valence-electron chi connectivity index (χ3n) is 4.47. The number of carboxylic acids is 1. The molecule has 1 saturated heterocycles. The minimum absolute atomic E-state index is 0.00879. The first-order valence-electron chi connectivity index (χ1n) is 8.37. The summed E-state index contributed by atoms with van der Waals surface area (Å²) in [5.41, 5.74) is 0.191. The summed E-state index contributed by atoms with van der Waals surface area (Å²) in [5.74, 6) is -1.85. The Morgan fingerprint density at radius 2 is 2.15 bits per heavy atom. The molecule has 1 amide bonds. The van der Waals surface area contributed by atoms with Crippen LogP contribution >= 0.6 is 11.6 Å². The van der Waals surface area contributed by atoms with Crippen LogP contribution in [0.4, 0.5) is 4.39 Å². The standard InChI is InChI=1S/C17H18ClFN4O3/c18-12-5-3-6-14(16(12)19)23-10-13(20-21-23)17(26)22-9-2-1-4-11(22)7-8-15(24)25/h3,5-6,10-11H,1-2,4,7-9H2,(H,24,25). The van der Waals surface area contributed by atoms with Crippen molar-refractivity contribution in [1.29, 1.82) is 0 Å². The Bertz CT molecular complexity index is 826. The molecule has 138 valence electrons. The molecule has 0 bridgehead atoms. The molecule has 1 aliphatic heterocycles. The van der Waals surface area contributed by atoms with Crippen LogP contribution in [0, 0.1) is 5.82 Å². The second-order valence-corrected chi connectivity index (χ2v) is 6.61. The zero-order chi connectivity index (χ0) is 18.7. The van der Waals surface area contributed by atoms with Gasteiger partial charge in [0.1, 0.15) is 5.69 Å². The van der Waals surface area contributed by atoms with E-state index in [1.54, 1.807) is 11.0 Å². The number of rotatable bonds is 5. The van der Waals surface area contributed by atoms with E-state index in [0.717, 1.165) is 19.3 Å². The van der Waals surface area contributed by atoms with Crippen molar-refractivity contribution in [2.45, 2.75) is 38.1 Å². The first-order valence-corrected chi connectivity index (χ1v) is 8.74. The average Bonchev–Trinajstić information content (AvgIpc) is 3.11. The number of likely N-dealkylation sites (tertiary alicyclic amines) is 1. The number of halogens is 2. The van der Waals surface area contributed by atoms with Gasteiger partial charge in [0.15, 0.2) is 11.5 Å². The van der Waals surface area contributed by atoms with Crippen molar-refractivity contribution < 1.29 is 19.1 Å². The summed E-state index contributed by atoms with van der Waals surface area (Å²) in [7, 11) is 0. The van der Waals surface area contributed by atoms with Gasteiger partial charge in [0.2, 0.25) is 0 Å². The van der Waals surface area contributed by atoms with Crippen LogP contribution in [0.3, 0.4) is 0 Å². The Hall–Kier alpha value is -2.48. The van der Waals surface area contributed by atoms with Gasteiger partial charge in [-0.1, -0.05) is 22.9 Å². The molecule has 1 aromatic carbocycles. The highest BCUT2D eigenvalue weighted by molar-refractivity contribution is 6.30. The van der Waals surface area contributed by atoms with E-state index in [4.69, 9.17) is 16.7 Å². The fourth-order valence-electron chi connectivity index (χ4n) is 3.15. The summed E-state index contributed by atoms with van der Waals surface area (Å²) in [4.78, 5) is 25.3. The van der Waals surface area contributed by atoms with Gasteiger partial charge in [-0.25, -0.2) is 9.07 Å². The highest BCUT2D eigenvalue weighted by Gasteiger charge is 2.29. The first-order chi connectivity index (χ1) is 12.5. The summed E-state index contributed by atoms with van der Waals surface area (Å²) in [6.45, 7) is 0.543. The molecule has 1 unspecified atom stereocenters. The van der Waals surface area contributed by atoms with Gasteiger partial charge in [0.25, 0.3) is 5.91 Å². The molecule has 1 atom stereocenters. The van der Waals surface area contributed by atoms with Gasteiger partial charge in [-0.05, 0) is 37.8 Å². The predicted octanol–water partition coefficient (Wildman–Crippen LogP) is 2.92. The number of hydrogen-bond acceptors (Lipinski definition) is 4. The van der Waals surface area contributed by atoms with E-state index in [1.165, 1.54) is 23.0 Å². The van der Waals surface area contributed by atoms with Crippen molar-refractivity contribution in [3.63, 3.8) is 0 Å². The van der Waals surface area contributed by atoms with Crippen LogP contribution in [0.5, 0.6) is 0 Å². The number of carboxylic acid groups (broad SMARTS) is 1. The molecule has 7 nitrogen and oxygen atoms in total. The zero-order valence-corrected chi connectivity index (χ0v) is 14.7. The molecule has 9 heteroatoms. The maximum absolute atomic E-state index is 14.1. The number of carbonyl (C=O) groups excluding carboxylic acids is 1. The molecule has 0 aliphatic carbocycles. The first kappa shape index (κ1) is 18.3. The lowest BCUT2D eigenvalue weighted by Gasteiger charge is -2.35. The molecule has 1 aliphatic rings. The van der Waals surface area contributed by atoms with Crippen LogP contribution in [-0.4, -0.2) is 49.5 Å². The van der Waals surface area contributed by atoms with Gasteiger partial charge in [-0.2, -0.15) is 0 Å². The number of hydrogen-bond donors (Lipinski definition) is 1. The smallest absolute Gasteiger partial charge is 0.303 e. The Balaban J connectivity index is 1.80. The molecular formula is C17H18ClFN4O3. The number of nitrogens with zero attached hydrogens (tertiary/aromatic N) is 4. The van der Waals surface area contributed by atoms with Crippen LogP contribution in [0.2, 0.25) is 5.02 Å². The van der Waals surface area contributed by atoms with Crippen LogP contribution in [0.15, 0.2) is 24.4 Å². The van der Waals surface area contributed by atoms with Gasteiger partial charge < -0.3 is 10.0 Å². The highest BCUT2D eigenvalue weighted by Crippen LogP contribution is 2.24. The SMILES string of the molecule is O=C(O)CCC1CCCCN1C(=O)c1cn(-c2cccc(Cl)c2F)nn1. The molecule has 0 radical (unpaired) electrons. The van der Waals surface area contributed by atoms with Gasteiger partial charge in [0, 0.05) is 19.0 Å². The minimum atomic E-state index is -0.884. The number of benzene rings is 1. The molecule has 0 saturated carbocycles. The van der Waals surface area contributed by atoms with Crippen LogP contribution in [0.1, 0.15) is 42.6 Å². The monoisotopic (exact) mass is 380 g/mol. The topological polar surface area (TPSA) is 88.3 Å². The predicted molar refractivity (Wildman–Crippen MR) is 91.9 cm³/mol. The Labute approximate surface area is 154 Å². The van der Waals surface area contributed by atoms with Crippen LogP contribution < -0.4 is 0 Å². The summed E-state index contributed by atoms with van der Waals surface area (Å²) >= 11 is 5.77. The van der Waals surface area contributed by atoms with Crippen molar-refractivity contribution in [2.24, 2.45) is 0 Å². The summed E-state index contributed by atoms with van der Waals surface area (Å²) < 4.78 is 15.3. The van der Waals surface area contributed by atoms with Crippen molar-refractivity contribution >= 4 is 23.5 Å². The lowest BCUT2D eigenvalue weighted by Crippen LogP contribution is -2.44. The Morgan fingerprint density at radius 1 is 1.35 bits per heavy atom. The summed E-state index contributed by atoms with van der Waals surface area (Å²) in [6, 6.07) is 4.35. The van der Waals surface area contributed by atoms with E-state index in [1.807, 2.05) is 0 Å². The fraction of sp³-hybridized carbons (Fsp3) is 0.412. The summed E-state index contributed by atoms with van der Waals surface area (Å²) in [6.07, 6.45) is 4.34. The van der Waals surface area contributed by atoms with E-state index in [2.05, 4.69) is 10.3 Å². The van der Waals surface area contributed by atoms with Crippen molar-refractivity contribution in [3.05, 3.63) is 40.9 Å². The normalized spacial score (nSPS) is 17.3. The molecule has 26 heavy (non-hydrogen) atoms. The van der Waals surface area contributed by atoms with Crippen molar-refractivity contribution in [1.82, 2.24) is 19.9 Å². The number of aromatic nitrogens is 3. The van der Waals surface area contributed by atoms with Crippen molar-refractivity contribution in [2.75, 3.05) is 6.54 Å². The number of piperidine rings is 1. The number of amides is 1. The molecule has 0 spiro atoms. The molecule has 3 rings (SSSR count). The lowest BCUT2D eigenvalue weighted by atomic mass is 9.97. The Morgan fingerprint density at radius 3 is 2.92 bits per heavy atom. The maximum atomic E-state index is 14.1. The number of aliphatic carboxylic acids is 1. The number of carbonyl (C=O) groups is 2. The molecule has 1 aromatic heterocycles. The van der Waals surface area contributed by atoms with Gasteiger partial charge in [-0.15, -0.1) is 5.10 Å². The van der Waals surface area contributed by atoms with Crippen LogP contribution in [-0.2, 0) is 4.79 Å². The molecule has 1 fully saturated rings. The largest absolute Gasteiger partial charge is 0.481 e. The second kappa shape index (κ2) is 7.82. The van der Waals surface area contributed by atoms with E-state index < -0.39 is 11.8 Å². The van der Waals surface area contributed by atoms with Gasteiger partial charge in [0.05, 0.1) is 11.2 Å². The quantitative estimate of drug-likeness (QED) is 0.861. The van der Waals surface area contributed by atoms with Gasteiger partial charge >= 0.3 is 5.97 Å². The molecule has 1 N–H and O–H groups in total. The average molecular weight is 381 g/mol. The molecule has 2 aromatic rings. The third kappa shape index (κ3) is 3.85. The third-order valence-corrected chi connectivity index (χ3v) is 4.76. The van der Waals surface area contributed by atoms with E-state index in [-0.39, 0.29) is 34.8 Å². The minimum Gasteiger partial charge on any atom is -0.481 e. The van der Waals surface area contributed by atoms with E-state index in [9.17, 15) is 14.0 Å². The lowest BCUT2D eigenvalue weighted by molar-refractivity contribution is -0.137. The molecule has 2 heterocycles. The van der Waals surface area contributed by atoms with Crippen LogP contribution in [0.25, 0.3) is 5.69 Å². The highest BCUT2D eigenvalue weighted by atomic mass is 35.5. The van der Waals surface area contributed by atoms with Gasteiger partial charge in [-0.3, -0.25) is 9.59 Å². The summed E-state index contributed by atoms with van der Waals surface area (Å²) in [5, 5.41) is 16.5. The second-order valence-electron chi connectivity index (χ2n) is 6.20. The maximum Gasteiger partial charge on any atom is 0.303 e. The Kier molecular flexibility index (Phi) is 5.51. The van der Waals surface area contributed by atoms with E-state index >= 15 is 0 Å². The fourth-order valence-corrected chi connectivity index (χ4v) is 3.32. The zero-order valence-electron chi connectivity index (χ0n) is 13.9. The molecular weight excluding hydrogens is 363 g/mol.